The van der Waals surface area contributed by atoms with Crippen LogP contribution in [0.1, 0.15) is 37.7 Å². The first-order chi connectivity index (χ1) is 18.5. The van der Waals surface area contributed by atoms with Crippen LogP contribution in [0.3, 0.4) is 0 Å². The SMILES string of the molecule is CN1CCN(c2ncc(N3CC4(CCC(c5ccccc5)(N(C)CC5CCOC5)CC4)NC3O)cn2)CC1. The van der Waals surface area contributed by atoms with Gasteiger partial charge >= 0.3 is 0 Å². The maximum absolute atomic E-state index is 11.1. The zero-order chi connectivity index (χ0) is 26.2. The molecule has 0 radical (unpaired) electrons. The van der Waals surface area contributed by atoms with Crippen molar-refractivity contribution < 1.29 is 9.84 Å². The summed E-state index contributed by atoms with van der Waals surface area (Å²) in [6.07, 6.45) is 8.27. The van der Waals surface area contributed by atoms with E-state index in [9.17, 15) is 5.11 Å². The van der Waals surface area contributed by atoms with Gasteiger partial charge < -0.3 is 24.5 Å². The monoisotopic (exact) mass is 521 g/mol. The lowest BCUT2D eigenvalue weighted by atomic mass is 9.68. The van der Waals surface area contributed by atoms with E-state index in [0.717, 1.165) is 96.2 Å². The van der Waals surface area contributed by atoms with Crippen LogP contribution in [0.5, 0.6) is 0 Å². The van der Waals surface area contributed by atoms with Crippen molar-refractivity contribution in [3.63, 3.8) is 0 Å². The highest BCUT2D eigenvalue weighted by molar-refractivity contribution is 5.48. The Labute approximate surface area is 226 Å². The van der Waals surface area contributed by atoms with Gasteiger partial charge in [-0.2, -0.15) is 0 Å². The molecule has 9 nitrogen and oxygen atoms in total. The number of benzene rings is 1. The number of piperazine rings is 1. The zero-order valence-electron chi connectivity index (χ0n) is 22.9. The highest BCUT2D eigenvalue weighted by Gasteiger charge is 2.51. The molecule has 2 aromatic rings. The molecule has 2 atom stereocenters. The molecule has 0 bridgehead atoms. The molecule has 206 valence electrons. The van der Waals surface area contributed by atoms with Crippen molar-refractivity contribution in [1.29, 1.82) is 0 Å². The first-order valence-electron chi connectivity index (χ1n) is 14.3. The predicted octanol–water partition coefficient (Wildman–Crippen LogP) is 2.09. The number of aromatic nitrogens is 2. The van der Waals surface area contributed by atoms with Crippen molar-refractivity contribution in [2.45, 2.75) is 49.5 Å². The molecule has 1 spiro atoms. The number of anilines is 2. The Morgan fingerprint density at radius 1 is 1.05 bits per heavy atom. The second-order valence-electron chi connectivity index (χ2n) is 12.0. The van der Waals surface area contributed by atoms with E-state index in [4.69, 9.17) is 4.74 Å². The Balaban J connectivity index is 1.15. The lowest BCUT2D eigenvalue weighted by molar-refractivity contribution is 0.0241. The van der Waals surface area contributed by atoms with Crippen LogP contribution in [0.15, 0.2) is 42.7 Å². The summed E-state index contributed by atoms with van der Waals surface area (Å²) < 4.78 is 5.69. The number of aliphatic hydroxyl groups is 1. The average Bonchev–Trinajstić information content (AvgIpc) is 3.58. The highest BCUT2D eigenvalue weighted by Crippen LogP contribution is 2.47. The molecular weight excluding hydrogens is 478 g/mol. The number of hydrogen-bond acceptors (Lipinski definition) is 9. The molecular formula is C29H43N7O2. The van der Waals surface area contributed by atoms with Crippen LogP contribution in [0.4, 0.5) is 11.6 Å². The van der Waals surface area contributed by atoms with E-state index in [1.807, 2.05) is 17.3 Å². The number of rotatable bonds is 6. The van der Waals surface area contributed by atoms with Crippen LogP contribution in [-0.4, -0.2) is 103 Å². The lowest BCUT2D eigenvalue weighted by Gasteiger charge is -2.50. The minimum Gasteiger partial charge on any atom is -0.381 e. The van der Waals surface area contributed by atoms with Gasteiger partial charge in [-0.3, -0.25) is 10.2 Å². The molecule has 3 saturated heterocycles. The summed E-state index contributed by atoms with van der Waals surface area (Å²) in [5.74, 6) is 1.38. The molecule has 1 aromatic heterocycles. The third-order valence-corrected chi connectivity index (χ3v) is 9.58. The van der Waals surface area contributed by atoms with Gasteiger partial charge in [0.2, 0.25) is 5.95 Å². The van der Waals surface area contributed by atoms with Gasteiger partial charge in [0.1, 0.15) is 0 Å². The summed E-state index contributed by atoms with van der Waals surface area (Å²) in [4.78, 5) is 18.5. The Morgan fingerprint density at radius 3 is 2.42 bits per heavy atom. The molecule has 3 aliphatic heterocycles. The molecule has 38 heavy (non-hydrogen) atoms. The number of aliphatic hydroxyl groups excluding tert-OH is 1. The fourth-order valence-electron chi connectivity index (χ4n) is 7.05. The molecule has 4 heterocycles. The van der Waals surface area contributed by atoms with Crippen molar-refractivity contribution in [2.75, 3.05) is 76.4 Å². The van der Waals surface area contributed by atoms with E-state index in [1.165, 1.54) is 5.56 Å². The second kappa shape index (κ2) is 10.7. The Hall–Kier alpha value is -2.30. The number of nitrogens with zero attached hydrogens (tertiary/aromatic N) is 6. The van der Waals surface area contributed by atoms with Gasteiger partial charge in [-0.25, -0.2) is 9.97 Å². The number of hydrogen-bond donors (Lipinski definition) is 2. The van der Waals surface area contributed by atoms with E-state index in [-0.39, 0.29) is 11.1 Å². The van der Waals surface area contributed by atoms with Crippen molar-refractivity contribution in [1.82, 2.24) is 25.1 Å². The molecule has 9 heteroatoms. The lowest BCUT2D eigenvalue weighted by Crippen LogP contribution is -2.55. The van der Waals surface area contributed by atoms with Crippen LogP contribution < -0.4 is 15.1 Å². The fraction of sp³-hybridized carbons (Fsp3) is 0.655. The summed E-state index contributed by atoms with van der Waals surface area (Å²) >= 11 is 0. The van der Waals surface area contributed by atoms with Crippen LogP contribution in [0.25, 0.3) is 0 Å². The van der Waals surface area contributed by atoms with E-state index in [2.05, 4.69) is 74.4 Å². The number of likely N-dealkylation sites (N-methyl/N-ethyl adjacent to an activating group) is 1. The van der Waals surface area contributed by atoms with Gasteiger partial charge in [-0.1, -0.05) is 30.3 Å². The van der Waals surface area contributed by atoms with E-state index >= 15 is 0 Å². The Bertz CT molecular complexity index is 1050. The van der Waals surface area contributed by atoms with Crippen molar-refractivity contribution >= 4 is 11.6 Å². The van der Waals surface area contributed by atoms with Gasteiger partial charge in [0, 0.05) is 57.0 Å². The average molecular weight is 522 g/mol. The van der Waals surface area contributed by atoms with E-state index in [1.54, 1.807) is 0 Å². The van der Waals surface area contributed by atoms with Crippen molar-refractivity contribution in [3.8, 4) is 0 Å². The summed E-state index contributed by atoms with van der Waals surface area (Å²) in [5, 5.41) is 14.6. The van der Waals surface area contributed by atoms with Crippen LogP contribution in [0.2, 0.25) is 0 Å². The van der Waals surface area contributed by atoms with Crippen molar-refractivity contribution in [3.05, 3.63) is 48.3 Å². The molecule has 6 rings (SSSR count). The van der Waals surface area contributed by atoms with E-state index in [0.29, 0.717) is 5.92 Å². The van der Waals surface area contributed by atoms with E-state index < -0.39 is 6.35 Å². The molecule has 2 N–H and O–H groups in total. The predicted molar refractivity (Wildman–Crippen MR) is 149 cm³/mol. The van der Waals surface area contributed by atoms with Crippen LogP contribution in [0, 0.1) is 5.92 Å². The smallest absolute Gasteiger partial charge is 0.225 e. The molecule has 1 aromatic carbocycles. The molecule has 1 aliphatic carbocycles. The first kappa shape index (κ1) is 26.0. The Kier molecular flexibility index (Phi) is 7.30. The summed E-state index contributed by atoms with van der Waals surface area (Å²) in [6, 6.07) is 11.0. The molecule has 4 aliphatic rings. The van der Waals surface area contributed by atoms with Gasteiger partial charge in [0.05, 0.1) is 24.7 Å². The van der Waals surface area contributed by atoms with Gasteiger partial charge in [0.25, 0.3) is 0 Å². The summed E-state index contributed by atoms with van der Waals surface area (Å²) in [7, 11) is 4.45. The topological polar surface area (TPSA) is 80.2 Å². The first-order valence-corrected chi connectivity index (χ1v) is 14.3. The minimum atomic E-state index is -0.731. The standard InChI is InChI=1S/C29H43N7O2/c1-33-13-15-35(16-14-33)26-30-18-25(19-31-26)36-22-28(32-27(36)37)9-11-29(12-10-28,24-6-4-3-5-7-24)34(2)20-23-8-17-38-21-23/h3-7,18-19,23,27,32,37H,8-17,20-22H2,1-2H3. The molecule has 4 fully saturated rings. The third kappa shape index (κ3) is 5.02. The normalized spacial score (nSPS) is 32.5. The van der Waals surface area contributed by atoms with Gasteiger partial charge in [-0.15, -0.1) is 0 Å². The van der Waals surface area contributed by atoms with Gasteiger partial charge in [-0.05, 0) is 57.7 Å². The quantitative estimate of drug-likeness (QED) is 0.594. The maximum atomic E-state index is 11.1. The van der Waals surface area contributed by atoms with Crippen molar-refractivity contribution in [2.24, 2.45) is 5.92 Å². The summed E-state index contributed by atoms with van der Waals surface area (Å²) in [5.41, 5.74) is 2.16. The van der Waals surface area contributed by atoms with Crippen LogP contribution in [-0.2, 0) is 10.3 Å². The third-order valence-electron chi connectivity index (χ3n) is 9.58. The maximum Gasteiger partial charge on any atom is 0.225 e. The molecule has 1 saturated carbocycles. The minimum absolute atomic E-state index is 0.00240. The zero-order valence-corrected chi connectivity index (χ0v) is 22.9. The largest absolute Gasteiger partial charge is 0.381 e. The van der Waals surface area contributed by atoms with Crippen LogP contribution >= 0.6 is 0 Å². The summed E-state index contributed by atoms with van der Waals surface area (Å²) in [6.45, 7) is 7.51. The molecule has 2 unspecified atom stereocenters. The molecule has 0 amide bonds. The number of nitrogens with one attached hydrogen (secondary N) is 1. The highest BCUT2D eigenvalue weighted by atomic mass is 16.5. The van der Waals surface area contributed by atoms with Gasteiger partial charge in [0.15, 0.2) is 6.35 Å². The Morgan fingerprint density at radius 2 is 1.76 bits per heavy atom. The second-order valence-corrected chi connectivity index (χ2v) is 12.0. The number of ether oxygens (including phenoxy) is 1. The fourth-order valence-corrected chi connectivity index (χ4v) is 7.05.